The van der Waals surface area contributed by atoms with E-state index in [1.54, 1.807) is 11.3 Å². The SMILES string of the molecule is COC(=O)CCc1csc(NCCC2CCCO2)n1. The van der Waals surface area contributed by atoms with E-state index in [9.17, 15) is 4.79 Å². The zero-order valence-corrected chi connectivity index (χ0v) is 12.0. The number of thiazole rings is 1. The van der Waals surface area contributed by atoms with Crippen LogP contribution in [-0.2, 0) is 20.7 Å². The van der Waals surface area contributed by atoms with Crippen molar-refractivity contribution >= 4 is 22.4 Å². The molecule has 1 N–H and O–H groups in total. The van der Waals surface area contributed by atoms with E-state index in [-0.39, 0.29) is 5.97 Å². The lowest BCUT2D eigenvalue weighted by molar-refractivity contribution is -0.140. The maximum atomic E-state index is 11.0. The third kappa shape index (κ3) is 4.80. The number of aromatic nitrogens is 1. The van der Waals surface area contributed by atoms with E-state index >= 15 is 0 Å². The number of esters is 1. The van der Waals surface area contributed by atoms with E-state index in [0.29, 0.717) is 18.9 Å². The highest BCUT2D eigenvalue weighted by molar-refractivity contribution is 7.13. The van der Waals surface area contributed by atoms with Gasteiger partial charge in [0.25, 0.3) is 0 Å². The van der Waals surface area contributed by atoms with Crippen LogP contribution in [-0.4, -0.2) is 37.3 Å². The molecule has 0 spiro atoms. The van der Waals surface area contributed by atoms with Gasteiger partial charge in [0, 0.05) is 25.0 Å². The predicted octanol–water partition coefficient (Wildman–Crippen LogP) is 2.23. The normalized spacial score (nSPS) is 18.5. The van der Waals surface area contributed by atoms with Gasteiger partial charge in [-0.05, 0) is 19.3 Å². The summed E-state index contributed by atoms with van der Waals surface area (Å²) < 4.78 is 10.2. The molecule has 6 heteroatoms. The molecule has 1 aliphatic rings. The van der Waals surface area contributed by atoms with E-state index in [0.717, 1.165) is 30.4 Å². The first kappa shape index (κ1) is 14.3. The number of nitrogens with zero attached hydrogens (tertiary/aromatic N) is 1. The van der Waals surface area contributed by atoms with Gasteiger partial charge < -0.3 is 14.8 Å². The van der Waals surface area contributed by atoms with Gasteiger partial charge in [0.2, 0.25) is 0 Å². The maximum Gasteiger partial charge on any atom is 0.305 e. The Morgan fingerprint density at radius 2 is 2.58 bits per heavy atom. The van der Waals surface area contributed by atoms with Gasteiger partial charge in [0.1, 0.15) is 0 Å². The van der Waals surface area contributed by atoms with Gasteiger partial charge in [-0.2, -0.15) is 0 Å². The van der Waals surface area contributed by atoms with Crippen molar-refractivity contribution in [1.82, 2.24) is 4.98 Å². The minimum atomic E-state index is -0.194. The number of ether oxygens (including phenoxy) is 2. The molecule has 1 unspecified atom stereocenters. The highest BCUT2D eigenvalue weighted by atomic mass is 32.1. The lowest BCUT2D eigenvalue weighted by Gasteiger charge is -2.08. The number of nitrogens with one attached hydrogen (secondary N) is 1. The Hall–Kier alpha value is -1.14. The van der Waals surface area contributed by atoms with Crippen molar-refractivity contribution in [2.75, 3.05) is 25.6 Å². The van der Waals surface area contributed by atoms with Crippen molar-refractivity contribution in [2.24, 2.45) is 0 Å². The molecule has 0 amide bonds. The number of methoxy groups -OCH3 is 1. The highest BCUT2D eigenvalue weighted by Gasteiger charge is 2.14. The van der Waals surface area contributed by atoms with Crippen LogP contribution >= 0.6 is 11.3 Å². The van der Waals surface area contributed by atoms with Crippen LogP contribution in [0.5, 0.6) is 0 Å². The number of carbonyl (C=O) groups is 1. The minimum Gasteiger partial charge on any atom is -0.469 e. The summed E-state index contributed by atoms with van der Waals surface area (Å²) in [5, 5.41) is 6.20. The van der Waals surface area contributed by atoms with Gasteiger partial charge in [-0.3, -0.25) is 4.79 Å². The summed E-state index contributed by atoms with van der Waals surface area (Å²) in [6, 6.07) is 0. The molecular weight excluding hydrogens is 264 g/mol. The van der Waals surface area contributed by atoms with Crippen molar-refractivity contribution in [3.05, 3.63) is 11.1 Å². The fourth-order valence-corrected chi connectivity index (χ4v) is 2.82. The molecule has 0 radical (unpaired) electrons. The molecule has 1 saturated heterocycles. The number of aryl methyl sites for hydroxylation is 1. The van der Waals surface area contributed by atoms with Crippen LogP contribution in [0, 0.1) is 0 Å². The van der Waals surface area contributed by atoms with Gasteiger partial charge in [-0.1, -0.05) is 0 Å². The minimum absolute atomic E-state index is 0.194. The first-order valence-corrected chi connectivity index (χ1v) is 7.52. The Bertz CT molecular complexity index is 402. The number of rotatable bonds is 7. The number of carbonyl (C=O) groups excluding carboxylic acids is 1. The fraction of sp³-hybridized carbons (Fsp3) is 0.692. The van der Waals surface area contributed by atoms with E-state index in [1.165, 1.54) is 20.0 Å². The van der Waals surface area contributed by atoms with E-state index in [4.69, 9.17) is 4.74 Å². The van der Waals surface area contributed by atoms with Crippen molar-refractivity contribution in [3.8, 4) is 0 Å². The van der Waals surface area contributed by atoms with Gasteiger partial charge >= 0.3 is 5.97 Å². The van der Waals surface area contributed by atoms with Gasteiger partial charge in [-0.25, -0.2) is 4.98 Å². The predicted molar refractivity (Wildman–Crippen MR) is 74.5 cm³/mol. The first-order valence-electron chi connectivity index (χ1n) is 6.64. The topological polar surface area (TPSA) is 60.5 Å². The van der Waals surface area contributed by atoms with Crippen molar-refractivity contribution in [1.29, 1.82) is 0 Å². The summed E-state index contributed by atoms with van der Waals surface area (Å²) in [6.45, 7) is 1.79. The van der Waals surface area contributed by atoms with E-state index in [2.05, 4.69) is 15.0 Å². The average molecular weight is 284 g/mol. The summed E-state index contributed by atoms with van der Waals surface area (Å²) in [7, 11) is 1.40. The molecule has 1 fully saturated rings. The molecule has 2 rings (SSSR count). The van der Waals surface area contributed by atoms with Crippen LogP contribution in [0.15, 0.2) is 5.38 Å². The van der Waals surface area contributed by atoms with Crippen molar-refractivity contribution in [3.63, 3.8) is 0 Å². The Morgan fingerprint density at radius 3 is 3.32 bits per heavy atom. The van der Waals surface area contributed by atoms with Crippen LogP contribution in [0.4, 0.5) is 5.13 Å². The third-order valence-electron chi connectivity index (χ3n) is 3.13. The monoisotopic (exact) mass is 284 g/mol. The molecule has 2 heterocycles. The number of anilines is 1. The second-order valence-electron chi connectivity index (χ2n) is 4.57. The molecule has 19 heavy (non-hydrogen) atoms. The van der Waals surface area contributed by atoms with E-state index in [1.807, 2.05) is 5.38 Å². The van der Waals surface area contributed by atoms with Gasteiger partial charge in [0.05, 0.1) is 25.3 Å². The molecule has 0 aromatic carbocycles. The quantitative estimate of drug-likeness (QED) is 0.778. The van der Waals surface area contributed by atoms with Gasteiger partial charge in [-0.15, -0.1) is 11.3 Å². The highest BCUT2D eigenvalue weighted by Crippen LogP contribution is 2.18. The van der Waals surface area contributed by atoms with Crippen molar-refractivity contribution in [2.45, 2.75) is 38.2 Å². The second-order valence-corrected chi connectivity index (χ2v) is 5.43. The Labute approximate surface area is 117 Å². The largest absolute Gasteiger partial charge is 0.469 e. The van der Waals surface area contributed by atoms with Crippen LogP contribution in [0.1, 0.15) is 31.4 Å². The standard InChI is InChI=1S/C13H20N2O3S/c1-17-12(16)5-4-10-9-19-13(15-10)14-7-6-11-3-2-8-18-11/h9,11H,2-8H2,1H3,(H,14,15). The van der Waals surface area contributed by atoms with Crippen LogP contribution in [0.25, 0.3) is 0 Å². The van der Waals surface area contributed by atoms with Crippen LogP contribution < -0.4 is 5.32 Å². The molecule has 1 aromatic heterocycles. The summed E-state index contributed by atoms with van der Waals surface area (Å²) in [5.74, 6) is -0.194. The molecule has 5 nitrogen and oxygen atoms in total. The lowest BCUT2D eigenvalue weighted by atomic mass is 10.2. The molecule has 106 valence electrons. The number of hydrogen-bond donors (Lipinski definition) is 1. The van der Waals surface area contributed by atoms with Crippen molar-refractivity contribution < 1.29 is 14.3 Å². The summed E-state index contributed by atoms with van der Waals surface area (Å²) in [4.78, 5) is 15.5. The average Bonchev–Trinajstić information content (AvgIpc) is 3.07. The molecule has 0 aliphatic carbocycles. The van der Waals surface area contributed by atoms with E-state index < -0.39 is 0 Å². The van der Waals surface area contributed by atoms with Crippen LogP contribution in [0.2, 0.25) is 0 Å². The molecule has 0 saturated carbocycles. The molecule has 1 atom stereocenters. The molecular formula is C13H20N2O3S. The third-order valence-corrected chi connectivity index (χ3v) is 3.98. The second kappa shape index (κ2) is 7.45. The molecule has 1 aliphatic heterocycles. The first-order chi connectivity index (χ1) is 9.28. The number of hydrogen-bond acceptors (Lipinski definition) is 6. The van der Waals surface area contributed by atoms with Crippen LogP contribution in [0.3, 0.4) is 0 Å². The Balaban J connectivity index is 1.66. The summed E-state index contributed by atoms with van der Waals surface area (Å²) in [6.07, 6.45) is 4.80. The maximum absolute atomic E-state index is 11.0. The zero-order valence-electron chi connectivity index (χ0n) is 11.2. The molecule has 1 aromatic rings. The fourth-order valence-electron chi connectivity index (χ4n) is 2.05. The zero-order chi connectivity index (χ0) is 13.5. The van der Waals surface area contributed by atoms with Gasteiger partial charge in [0.15, 0.2) is 5.13 Å². The molecule has 0 bridgehead atoms. The summed E-state index contributed by atoms with van der Waals surface area (Å²) >= 11 is 1.58. The smallest absolute Gasteiger partial charge is 0.305 e. The lowest BCUT2D eigenvalue weighted by Crippen LogP contribution is -2.12. The summed E-state index contributed by atoms with van der Waals surface area (Å²) in [5.41, 5.74) is 0.940. The Morgan fingerprint density at radius 1 is 1.68 bits per heavy atom. The Kier molecular flexibility index (Phi) is 5.60.